The second kappa shape index (κ2) is 5.92. The molecule has 4 heteroatoms. The normalized spacial score (nSPS) is 26.2. The van der Waals surface area contributed by atoms with E-state index in [0.29, 0.717) is 12.6 Å². The zero-order valence-corrected chi connectivity index (χ0v) is 11.9. The summed E-state index contributed by atoms with van der Waals surface area (Å²) >= 11 is 0. The Bertz CT molecular complexity index is 458. The molecule has 0 bridgehead atoms. The van der Waals surface area contributed by atoms with E-state index in [-0.39, 0.29) is 17.9 Å². The van der Waals surface area contributed by atoms with Crippen LogP contribution in [0.3, 0.4) is 0 Å². The zero-order chi connectivity index (χ0) is 13.9. The van der Waals surface area contributed by atoms with Gasteiger partial charge in [-0.3, -0.25) is 9.78 Å². The van der Waals surface area contributed by atoms with Crippen LogP contribution < -0.4 is 5.73 Å². The molecule has 1 amide bonds. The first-order valence-corrected chi connectivity index (χ1v) is 7.71. The molecule has 1 aromatic heterocycles. The molecule has 108 valence electrons. The Morgan fingerprint density at radius 3 is 2.70 bits per heavy atom. The van der Waals surface area contributed by atoms with Crippen molar-refractivity contribution in [2.45, 2.75) is 57.2 Å². The fourth-order valence-electron chi connectivity index (χ4n) is 3.12. The number of nitrogens with zero attached hydrogens (tertiary/aromatic N) is 2. The van der Waals surface area contributed by atoms with E-state index in [0.717, 1.165) is 44.2 Å². The number of pyridine rings is 1. The van der Waals surface area contributed by atoms with Crippen molar-refractivity contribution in [1.29, 1.82) is 0 Å². The summed E-state index contributed by atoms with van der Waals surface area (Å²) in [6, 6.07) is 6.33. The van der Waals surface area contributed by atoms with E-state index in [1.807, 2.05) is 23.1 Å². The lowest BCUT2D eigenvalue weighted by atomic mass is 9.84. The topological polar surface area (TPSA) is 59.2 Å². The first kappa shape index (κ1) is 13.6. The van der Waals surface area contributed by atoms with E-state index >= 15 is 0 Å². The van der Waals surface area contributed by atoms with Crippen LogP contribution in [-0.2, 0) is 11.3 Å². The van der Waals surface area contributed by atoms with Crippen molar-refractivity contribution in [3.63, 3.8) is 0 Å². The number of carbonyl (C=O) groups excluding carboxylic acids is 1. The molecule has 2 saturated carbocycles. The number of carbonyl (C=O) groups is 1. The van der Waals surface area contributed by atoms with Crippen molar-refractivity contribution in [1.82, 2.24) is 9.88 Å². The van der Waals surface area contributed by atoms with E-state index in [2.05, 4.69) is 4.98 Å². The monoisotopic (exact) mass is 273 g/mol. The number of hydrogen-bond donors (Lipinski definition) is 1. The number of amides is 1. The zero-order valence-electron chi connectivity index (χ0n) is 11.9. The third kappa shape index (κ3) is 3.01. The predicted molar refractivity (Wildman–Crippen MR) is 77.7 cm³/mol. The van der Waals surface area contributed by atoms with Crippen LogP contribution in [0, 0.1) is 5.92 Å². The van der Waals surface area contributed by atoms with Gasteiger partial charge in [-0.1, -0.05) is 18.9 Å². The lowest BCUT2D eigenvalue weighted by molar-refractivity contribution is -0.138. The molecule has 0 aromatic carbocycles. The molecular formula is C16H23N3O. The molecule has 0 radical (unpaired) electrons. The van der Waals surface area contributed by atoms with Crippen LogP contribution in [0.15, 0.2) is 24.4 Å². The van der Waals surface area contributed by atoms with Gasteiger partial charge in [-0.25, -0.2) is 0 Å². The van der Waals surface area contributed by atoms with Crippen molar-refractivity contribution in [3.8, 4) is 0 Å². The van der Waals surface area contributed by atoms with Crippen molar-refractivity contribution in [2.75, 3.05) is 0 Å². The summed E-state index contributed by atoms with van der Waals surface area (Å²) in [5.41, 5.74) is 7.14. The van der Waals surface area contributed by atoms with Crippen LogP contribution in [0.4, 0.5) is 0 Å². The Hall–Kier alpha value is -1.42. The summed E-state index contributed by atoms with van der Waals surface area (Å²) in [6.45, 7) is 0.632. The molecule has 4 nitrogen and oxygen atoms in total. The first-order chi connectivity index (χ1) is 9.75. The van der Waals surface area contributed by atoms with E-state index in [4.69, 9.17) is 5.73 Å². The Kier molecular flexibility index (Phi) is 4.01. The fraction of sp³-hybridized carbons (Fsp3) is 0.625. The minimum absolute atomic E-state index is 0.0214. The lowest BCUT2D eigenvalue weighted by Gasteiger charge is -2.33. The standard InChI is InChI=1S/C16H23N3O/c17-15-7-2-1-6-14(15)16(20)19(13-8-9-13)11-12-5-3-4-10-18-12/h3-5,10,13-15H,1-2,6-9,11,17H2. The lowest BCUT2D eigenvalue weighted by Crippen LogP contribution is -2.46. The molecule has 2 fully saturated rings. The van der Waals surface area contributed by atoms with Crippen molar-refractivity contribution in [3.05, 3.63) is 30.1 Å². The fourth-order valence-corrected chi connectivity index (χ4v) is 3.12. The van der Waals surface area contributed by atoms with Gasteiger partial charge in [0.05, 0.1) is 18.2 Å². The van der Waals surface area contributed by atoms with Crippen molar-refractivity contribution < 1.29 is 4.79 Å². The average Bonchev–Trinajstić information content (AvgIpc) is 3.30. The number of aromatic nitrogens is 1. The Labute approximate surface area is 120 Å². The molecule has 0 spiro atoms. The van der Waals surface area contributed by atoms with Gasteiger partial charge in [-0.2, -0.15) is 0 Å². The van der Waals surface area contributed by atoms with Gasteiger partial charge in [0, 0.05) is 18.3 Å². The quantitative estimate of drug-likeness (QED) is 0.914. The summed E-state index contributed by atoms with van der Waals surface area (Å²) in [5.74, 6) is 0.276. The molecule has 2 aliphatic rings. The van der Waals surface area contributed by atoms with Crippen LogP contribution in [0.1, 0.15) is 44.2 Å². The van der Waals surface area contributed by atoms with Crippen LogP contribution in [0.5, 0.6) is 0 Å². The maximum atomic E-state index is 12.8. The smallest absolute Gasteiger partial charge is 0.227 e. The Morgan fingerprint density at radius 2 is 2.05 bits per heavy atom. The van der Waals surface area contributed by atoms with Gasteiger partial charge in [0.25, 0.3) is 0 Å². The van der Waals surface area contributed by atoms with E-state index in [9.17, 15) is 4.79 Å². The summed E-state index contributed by atoms with van der Waals surface area (Å²) in [4.78, 5) is 19.2. The third-order valence-corrected chi connectivity index (χ3v) is 4.47. The second-order valence-corrected chi connectivity index (χ2v) is 6.07. The highest BCUT2D eigenvalue weighted by molar-refractivity contribution is 5.80. The maximum Gasteiger partial charge on any atom is 0.227 e. The van der Waals surface area contributed by atoms with Gasteiger partial charge >= 0.3 is 0 Å². The molecule has 2 N–H and O–H groups in total. The Balaban J connectivity index is 1.71. The molecule has 20 heavy (non-hydrogen) atoms. The van der Waals surface area contributed by atoms with Crippen LogP contribution >= 0.6 is 0 Å². The second-order valence-electron chi connectivity index (χ2n) is 6.07. The van der Waals surface area contributed by atoms with E-state index < -0.39 is 0 Å². The van der Waals surface area contributed by atoms with Gasteiger partial charge in [0.2, 0.25) is 5.91 Å². The van der Waals surface area contributed by atoms with Crippen molar-refractivity contribution in [2.24, 2.45) is 11.7 Å². The van der Waals surface area contributed by atoms with Gasteiger partial charge in [0.15, 0.2) is 0 Å². The highest BCUT2D eigenvalue weighted by Crippen LogP contribution is 2.32. The summed E-state index contributed by atoms with van der Waals surface area (Å²) in [5, 5.41) is 0. The first-order valence-electron chi connectivity index (χ1n) is 7.71. The van der Waals surface area contributed by atoms with Gasteiger partial charge in [-0.15, -0.1) is 0 Å². The Morgan fingerprint density at radius 1 is 1.25 bits per heavy atom. The highest BCUT2D eigenvalue weighted by Gasteiger charge is 2.38. The molecule has 3 rings (SSSR count). The van der Waals surface area contributed by atoms with Gasteiger partial charge in [0.1, 0.15) is 0 Å². The van der Waals surface area contributed by atoms with Crippen LogP contribution in [0.25, 0.3) is 0 Å². The minimum atomic E-state index is 0.0214. The molecule has 2 aliphatic carbocycles. The predicted octanol–water partition coefficient (Wildman–Crippen LogP) is 2.09. The van der Waals surface area contributed by atoms with E-state index in [1.165, 1.54) is 0 Å². The summed E-state index contributed by atoms with van der Waals surface area (Å²) in [6.07, 6.45) is 8.27. The number of nitrogens with two attached hydrogens (primary N) is 1. The van der Waals surface area contributed by atoms with Gasteiger partial charge in [-0.05, 0) is 37.8 Å². The average molecular weight is 273 g/mol. The maximum absolute atomic E-state index is 12.8. The van der Waals surface area contributed by atoms with Gasteiger partial charge < -0.3 is 10.6 Å². The molecule has 2 atom stereocenters. The number of hydrogen-bond acceptors (Lipinski definition) is 3. The summed E-state index contributed by atoms with van der Waals surface area (Å²) in [7, 11) is 0. The molecule has 1 aromatic rings. The minimum Gasteiger partial charge on any atom is -0.334 e. The molecule has 1 heterocycles. The largest absolute Gasteiger partial charge is 0.334 e. The SMILES string of the molecule is NC1CCCCC1C(=O)N(Cc1ccccn1)C1CC1. The molecule has 2 unspecified atom stereocenters. The van der Waals surface area contributed by atoms with Crippen LogP contribution in [-0.4, -0.2) is 27.9 Å². The molecule has 0 aliphatic heterocycles. The summed E-state index contributed by atoms with van der Waals surface area (Å²) < 4.78 is 0. The van der Waals surface area contributed by atoms with Crippen molar-refractivity contribution >= 4 is 5.91 Å². The third-order valence-electron chi connectivity index (χ3n) is 4.47. The number of rotatable bonds is 4. The highest BCUT2D eigenvalue weighted by atomic mass is 16.2. The molecule has 0 saturated heterocycles. The van der Waals surface area contributed by atoms with E-state index in [1.54, 1.807) is 6.20 Å². The molecular weight excluding hydrogens is 250 g/mol. The van der Waals surface area contributed by atoms with Crippen LogP contribution in [0.2, 0.25) is 0 Å².